The summed E-state index contributed by atoms with van der Waals surface area (Å²) < 4.78 is 8.07. The molecule has 1 aromatic carbocycles. The lowest BCUT2D eigenvalue weighted by Crippen LogP contribution is -2.61. The summed E-state index contributed by atoms with van der Waals surface area (Å²) in [6.45, 7) is 6.10. The molecule has 1 spiro atoms. The SMILES string of the molecule is CC1OC2(CCN(CCn3nccc3N)CC2)CN(c2ccccc2)C1=O.Cl. The zero-order valence-corrected chi connectivity index (χ0v) is 17.0. The highest BCUT2D eigenvalue weighted by molar-refractivity contribution is 5.97. The van der Waals surface area contributed by atoms with Crippen molar-refractivity contribution in [3.05, 3.63) is 42.6 Å². The lowest BCUT2D eigenvalue weighted by molar-refractivity contribution is -0.161. The smallest absolute Gasteiger partial charge is 0.255 e. The summed E-state index contributed by atoms with van der Waals surface area (Å²) in [5.41, 5.74) is 6.58. The Labute approximate surface area is 171 Å². The number of hydrogen-bond donors (Lipinski definition) is 1. The first-order valence-electron chi connectivity index (χ1n) is 9.60. The van der Waals surface area contributed by atoms with E-state index in [4.69, 9.17) is 10.5 Å². The molecule has 1 aromatic heterocycles. The number of ether oxygens (including phenoxy) is 1. The first-order valence-corrected chi connectivity index (χ1v) is 9.60. The molecule has 1 unspecified atom stereocenters. The van der Waals surface area contributed by atoms with Gasteiger partial charge in [-0.1, -0.05) is 18.2 Å². The van der Waals surface area contributed by atoms with Gasteiger partial charge in [0.25, 0.3) is 5.91 Å². The molecule has 0 saturated carbocycles. The van der Waals surface area contributed by atoms with Gasteiger partial charge < -0.3 is 20.3 Å². The number of amides is 1. The van der Waals surface area contributed by atoms with Crippen molar-refractivity contribution >= 4 is 29.8 Å². The average Bonchev–Trinajstić information content (AvgIpc) is 3.10. The number of halogens is 1. The zero-order valence-electron chi connectivity index (χ0n) is 16.2. The van der Waals surface area contributed by atoms with Gasteiger partial charge >= 0.3 is 0 Å². The minimum Gasteiger partial charge on any atom is -0.384 e. The van der Waals surface area contributed by atoms with Gasteiger partial charge in [-0.2, -0.15) is 5.10 Å². The lowest BCUT2D eigenvalue weighted by atomic mass is 9.88. The molecule has 0 aliphatic carbocycles. The molecular weight excluding hydrogens is 378 g/mol. The van der Waals surface area contributed by atoms with Gasteiger partial charge in [0.15, 0.2) is 0 Å². The molecule has 7 nitrogen and oxygen atoms in total. The number of likely N-dealkylation sites (tertiary alicyclic amines) is 1. The number of rotatable bonds is 4. The van der Waals surface area contributed by atoms with Gasteiger partial charge in [0.1, 0.15) is 11.9 Å². The maximum Gasteiger partial charge on any atom is 0.255 e. The largest absolute Gasteiger partial charge is 0.384 e. The molecule has 2 N–H and O–H groups in total. The Hall–Kier alpha value is -2.09. The van der Waals surface area contributed by atoms with Crippen molar-refractivity contribution in [2.75, 3.05) is 36.8 Å². The minimum atomic E-state index is -0.408. The third-order valence-electron chi connectivity index (χ3n) is 5.70. The first-order chi connectivity index (χ1) is 13.1. The molecule has 1 atom stereocenters. The number of morpholine rings is 1. The standard InChI is InChI=1S/C20H27N5O2.ClH/c1-16-19(26)24(17-5-3-2-4-6-17)15-20(27-16)8-11-23(12-9-20)13-14-25-18(21)7-10-22-25;/h2-7,10,16H,8-9,11-15,21H2,1H3;1H. The van der Waals surface area contributed by atoms with Gasteiger partial charge in [-0.05, 0) is 38.0 Å². The van der Waals surface area contributed by atoms with E-state index in [0.29, 0.717) is 12.4 Å². The average molecular weight is 406 g/mol. The van der Waals surface area contributed by atoms with Crippen LogP contribution in [0.15, 0.2) is 42.6 Å². The summed E-state index contributed by atoms with van der Waals surface area (Å²) in [7, 11) is 0. The number of carbonyl (C=O) groups is 1. The number of benzene rings is 1. The summed E-state index contributed by atoms with van der Waals surface area (Å²) in [5, 5.41) is 4.24. The van der Waals surface area contributed by atoms with Crippen LogP contribution in [0.3, 0.4) is 0 Å². The quantitative estimate of drug-likeness (QED) is 0.843. The zero-order chi connectivity index (χ0) is 18.9. The number of anilines is 2. The van der Waals surface area contributed by atoms with Crippen LogP contribution in [0.1, 0.15) is 19.8 Å². The molecule has 2 fully saturated rings. The van der Waals surface area contributed by atoms with Crippen molar-refractivity contribution in [3.8, 4) is 0 Å². The van der Waals surface area contributed by atoms with Crippen LogP contribution >= 0.6 is 12.4 Å². The fraction of sp³-hybridized carbons (Fsp3) is 0.500. The highest BCUT2D eigenvalue weighted by Gasteiger charge is 2.45. The van der Waals surface area contributed by atoms with Gasteiger partial charge in [0, 0.05) is 25.3 Å². The van der Waals surface area contributed by atoms with E-state index in [1.165, 1.54) is 0 Å². The van der Waals surface area contributed by atoms with Gasteiger partial charge in [0.2, 0.25) is 0 Å². The van der Waals surface area contributed by atoms with Crippen molar-refractivity contribution in [2.45, 2.75) is 38.0 Å². The highest BCUT2D eigenvalue weighted by Crippen LogP contribution is 2.34. The van der Waals surface area contributed by atoms with Crippen LogP contribution in [-0.4, -0.2) is 58.5 Å². The van der Waals surface area contributed by atoms with E-state index >= 15 is 0 Å². The van der Waals surface area contributed by atoms with Crippen LogP contribution in [0.5, 0.6) is 0 Å². The summed E-state index contributed by atoms with van der Waals surface area (Å²) >= 11 is 0. The van der Waals surface area contributed by atoms with Crippen LogP contribution in [0.2, 0.25) is 0 Å². The highest BCUT2D eigenvalue weighted by atomic mass is 35.5. The molecule has 2 aliphatic heterocycles. The number of nitrogens with two attached hydrogens (primary N) is 1. The number of hydrogen-bond acceptors (Lipinski definition) is 5. The predicted octanol–water partition coefficient (Wildman–Crippen LogP) is 2.17. The van der Waals surface area contributed by atoms with E-state index in [1.54, 1.807) is 6.20 Å². The summed E-state index contributed by atoms with van der Waals surface area (Å²) in [6.07, 6.45) is 3.16. The molecule has 152 valence electrons. The number of aromatic nitrogens is 2. The van der Waals surface area contributed by atoms with Crippen LogP contribution in [0.25, 0.3) is 0 Å². The maximum absolute atomic E-state index is 12.7. The van der Waals surface area contributed by atoms with Gasteiger partial charge in [-0.3, -0.25) is 4.79 Å². The number of piperidine rings is 1. The van der Waals surface area contributed by atoms with E-state index in [1.807, 2.05) is 52.9 Å². The van der Waals surface area contributed by atoms with Crippen LogP contribution in [0.4, 0.5) is 11.5 Å². The van der Waals surface area contributed by atoms with Gasteiger partial charge in [-0.15, -0.1) is 12.4 Å². The summed E-state index contributed by atoms with van der Waals surface area (Å²) in [6, 6.07) is 11.7. The Bertz CT molecular complexity index is 789. The maximum atomic E-state index is 12.7. The Balaban J connectivity index is 0.00000225. The van der Waals surface area contributed by atoms with E-state index in [9.17, 15) is 4.79 Å². The number of para-hydroxylation sites is 1. The Morgan fingerprint density at radius 3 is 2.54 bits per heavy atom. The monoisotopic (exact) mass is 405 g/mol. The van der Waals surface area contributed by atoms with Gasteiger partial charge in [0.05, 0.1) is 24.9 Å². The first kappa shape index (κ1) is 20.6. The molecule has 28 heavy (non-hydrogen) atoms. The fourth-order valence-electron chi connectivity index (χ4n) is 4.10. The molecule has 2 saturated heterocycles. The molecule has 1 amide bonds. The minimum absolute atomic E-state index is 0. The van der Waals surface area contributed by atoms with Crippen molar-refractivity contribution in [2.24, 2.45) is 0 Å². The van der Waals surface area contributed by atoms with E-state index in [0.717, 1.165) is 44.7 Å². The normalized spacial score (nSPS) is 22.2. The van der Waals surface area contributed by atoms with E-state index in [2.05, 4.69) is 10.00 Å². The summed E-state index contributed by atoms with van der Waals surface area (Å²) in [5.74, 6) is 0.744. The Morgan fingerprint density at radius 1 is 1.18 bits per heavy atom. The third kappa shape index (κ3) is 4.16. The Kier molecular flexibility index (Phi) is 6.27. The van der Waals surface area contributed by atoms with Crippen molar-refractivity contribution in [1.29, 1.82) is 0 Å². The van der Waals surface area contributed by atoms with Crippen LogP contribution in [-0.2, 0) is 16.1 Å². The van der Waals surface area contributed by atoms with E-state index in [-0.39, 0.29) is 23.9 Å². The molecule has 0 bridgehead atoms. The molecule has 4 rings (SSSR count). The van der Waals surface area contributed by atoms with Crippen molar-refractivity contribution in [1.82, 2.24) is 14.7 Å². The number of nitrogens with zero attached hydrogens (tertiary/aromatic N) is 4. The molecule has 2 aromatic rings. The Morgan fingerprint density at radius 2 is 1.89 bits per heavy atom. The molecule has 3 heterocycles. The second-order valence-electron chi connectivity index (χ2n) is 7.52. The van der Waals surface area contributed by atoms with Gasteiger partial charge in [-0.25, -0.2) is 4.68 Å². The van der Waals surface area contributed by atoms with Crippen LogP contribution < -0.4 is 10.6 Å². The van der Waals surface area contributed by atoms with Crippen molar-refractivity contribution < 1.29 is 9.53 Å². The molecule has 0 radical (unpaired) electrons. The lowest BCUT2D eigenvalue weighted by Gasteiger charge is -2.49. The topological polar surface area (TPSA) is 76.6 Å². The van der Waals surface area contributed by atoms with Crippen LogP contribution in [0, 0.1) is 0 Å². The second-order valence-corrected chi connectivity index (χ2v) is 7.52. The molecular formula is C20H28ClN5O2. The second kappa shape index (κ2) is 8.51. The molecule has 8 heteroatoms. The van der Waals surface area contributed by atoms with E-state index < -0.39 is 6.10 Å². The number of carbonyl (C=O) groups excluding carboxylic acids is 1. The molecule has 2 aliphatic rings. The summed E-state index contributed by atoms with van der Waals surface area (Å²) in [4.78, 5) is 17.0. The van der Waals surface area contributed by atoms with Crippen molar-refractivity contribution in [3.63, 3.8) is 0 Å². The third-order valence-corrected chi connectivity index (χ3v) is 5.70. The fourth-order valence-corrected chi connectivity index (χ4v) is 4.10. The predicted molar refractivity (Wildman–Crippen MR) is 112 cm³/mol. The number of nitrogen functional groups attached to an aromatic ring is 1.